The summed E-state index contributed by atoms with van der Waals surface area (Å²) in [4.78, 5) is 11.4. The van der Waals surface area contributed by atoms with Gasteiger partial charge in [-0.25, -0.2) is 4.79 Å². The summed E-state index contributed by atoms with van der Waals surface area (Å²) in [6, 6.07) is 6.31. The molecule has 21 heavy (non-hydrogen) atoms. The number of thioether (sulfide) groups is 1. The molecule has 1 atom stereocenters. The van der Waals surface area contributed by atoms with E-state index in [1.54, 1.807) is 12.1 Å². The molecule has 0 aliphatic heterocycles. The van der Waals surface area contributed by atoms with Gasteiger partial charge in [0.1, 0.15) is 5.75 Å². The number of aromatic nitrogens is 4. The molecule has 0 aliphatic carbocycles. The second-order valence-electron chi connectivity index (χ2n) is 4.44. The van der Waals surface area contributed by atoms with Gasteiger partial charge in [-0.15, -0.1) is 5.10 Å². The number of aromatic hydroxyl groups is 1. The maximum Gasteiger partial charge on any atom is 0.338 e. The normalized spacial score (nSPS) is 13.7. The summed E-state index contributed by atoms with van der Waals surface area (Å²) < 4.78 is 5.97. The van der Waals surface area contributed by atoms with Crippen LogP contribution in [-0.4, -0.2) is 54.9 Å². The second-order valence-corrected chi connectivity index (χ2v) is 5.39. The van der Waals surface area contributed by atoms with Crippen LogP contribution in [0.3, 0.4) is 0 Å². The van der Waals surface area contributed by atoms with Crippen LogP contribution in [0.2, 0.25) is 0 Å². The first-order chi connectivity index (χ1) is 9.94. The van der Waals surface area contributed by atoms with Crippen LogP contribution in [0.15, 0.2) is 29.4 Å². The van der Waals surface area contributed by atoms with Crippen LogP contribution in [0.5, 0.6) is 5.75 Å². The van der Waals surface area contributed by atoms with E-state index in [1.165, 1.54) is 30.8 Å². The average Bonchev–Trinajstić information content (AvgIpc) is 2.93. The van der Waals surface area contributed by atoms with Crippen LogP contribution in [-0.2, 0) is 9.53 Å². The molecule has 0 fully saturated rings. The number of hydrogen-bond donors (Lipinski definition) is 2. The molecule has 1 heterocycles. The highest BCUT2D eigenvalue weighted by Crippen LogP contribution is 2.23. The van der Waals surface area contributed by atoms with Crippen LogP contribution in [0.25, 0.3) is 5.69 Å². The molecule has 0 spiro atoms. The van der Waals surface area contributed by atoms with Gasteiger partial charge in [-0.05, 0) is 41.6 Å². The third kappa shape index (κ3) is 3.50. The highest BCUT2D eigenvalue weighted by atomic mass is 32.2. The molecule has 0 amide bonds. The lowest BCUT2D eigenvalue weighted by Crippen LogP contribution is -2.38. The minimum atomic E-state index is -1.63. The fourth-order valence-electron chi connectivity index (χ4n) is 1.51. The van der Waals surface area contributed by atoms with Crippen molar-refractivity contribution in [2.75, 3.05) is 12.9 Å². The van der Waals surface area contributed by atoms with Crippen molar-refractivity contribution in [3.05, 3.63) is 24.3 Å². The van der Waals surface area contributed by atoms with Crippen molar-refractivity contribution in [3.8, 4) is 11.4 Å². The minimum absolute atomic E-state index is 0.0398. The highest BCUT2D eigenvalue weighted by Gasteiger charge is 2.32. The van der Waals surface area contributed by atoms with Gasteiger partial charge in [-0.3, -0.25) is 0 Å². The number of ether oxygens (including phenoxy) is 1. The number of esters is 1. The van der Waals surface area contributed by atoms with Gasteiger partial charge in [0.05, 0.1) is 12.8 Å². The van der Waals surface area contributed by atoms with Gasteiger partial charge in [-0.1, -0.05) is 11.8 Å². The lowest BCUT2D eigenvalue weighted by Gasteiger charge is -2.18. The highest BCUT2D eigenvalue weighted by molar-refractivity contribution is 7.99. The molecule has 1 unspecified atom stereocenters. The molecule has 2 rings (SSSR count). The standard InChI is InChI=1S/C12H14N4O4S/c1-12(19,10(18)20-2)7-21-11-13-14-15-16(11)8-3-5-9(17)6-4-8/h3-6,17,19H,7H2,1-2H3. The van der Waals surface area contributed by atoms with Crippen LogP contribution >= 0.6 is 11.8 Å². The van der Waals surface area contributed by atoms with Crippen molar-refractivity contribution in [1.29, 1.82) is 0 Å². The zero-order valence-corrected chi connectivity index (χ0v) is 12.2. The number of rotatable bonds is 5. The van der Waals surface area contributed by atoms with Crippen molar-refractivity contribution in [2.24, 2.45) is 0 Å². The van der Waals surface area contributed by atoms with Crippen molar-refractivity contribution < 1.29 is 19.7 Å². The van der Waals surface area contributed by atoms with E-state index in [9.17, 15) is 15.0 Å². The Morgan fingerprint density at radius 2 is 2.10 bits per heavy atom. The molecular formula is C12H14N4O4S. The zero-order chi connectivity index (χ0) is 15.5. The molecule has 0 radical (unpaired) electrons. The molecule has 2 aromatic rings. The summed E-state index contributed by atoms with van der Waals surface area (Å²) >= 11 is 1.12. The van der Waals surface area contributed by atoms with Gasteiger partial charge in [0.25, 0.3) is 0 Å². The van der Waals surface area contributed by atoms with E-state index in [0.717, 1.165) is 11.8 Å². The molecule has 0 saturated heterocycles. The lowest BCUT2D eigenvalue weighted by atomic mass is 10.1. The third-order valence-electron chi connectivity index (χ3n) is 2.64. The maximum absolute atomic E-state index is 11.4. The summed E-state index contributed by atoms with van der Waals surface area (Å²) in [7, 11) is 1.21. The Morgan fingerprint density at radius 1 is 1.43 bits per heavy atom. The van der Waals surface area contributed by atoms with Gasteiger partial charge in [0.2, 0.25) is 5.16 Å². The Morgan fingerprint density at radius 3 is 2.71 bits per heavy atom. The smallest absolute Gasteiger partial charge is 0.338 e. The summed E-state index contributed by atoms with van der Waals surface area (Å²) in [5, 5.41) is 30.9. The van der Waals surface area contributed by atoms with E-state index >= 15 is 0 Å². The second kappa shape index (κ2) is 6.10. The summed E-state index contributed by atoms with van der Waals surface area (Å²) in [5.74, 6) is -0.550. The number of aliphatic hydroxyl groups is 1. The molecule has 0 saturated carbocycles. The fourth-order valence-corrected chi connectivity index (χ4v) is 2.40. The number of methoxy groups -OCH3 is 1. The number of carbonyl (C=O) groups is 1. The molecule has 9 heteroatoms. The Bertz CT molecular complexity index is 626. The van der Waals surface area contributed by atoms with E-state index in [-0.39, 0.29) is 11.5 Å². The van der Waals surface area contributed by atoms with Gasteiger partial charge in [-0.2, -0.15) is 4.68 Å². The molecular weight excluding hydrogens is 296 g/mol. The number of phenolic OH excluding ortho intramolecular Hbond substituents is 1. The first-order valence-corrected chi connectivity index (χ1v) is 6.94. The molecule has 0 aliphatic rings. The third-order valence-corrected chi connectivity index (χ3v) is 3.86. The lowest BCUT2D eigenvalue weighted by molar-refractivity contribution is -0.158. The van der Waals surface area contributed by atoms with Gasteiger partial charge >= 0.3 is 5.97 Å². The Labute approximate surface area is 124 Å². The average molecular weight is 310 g/mol. The van der Waals surface area contributed by atoms with E-state index in [0.29, 0.717) is 10.8 Å². The molecule has 2 N–H and O–H groups in total. The SMILES string of the molecule is COC(=O)C(C)(O)CSc1nnnn1-c1ccc(O)cc1. The Hall–Kier alpha value is -2.13. The minimum Gasteiger partial charge on any atom is -0.508 e. The van der Waals surface area contributed by atoms with E-state index in [2.05, 4.69) is 20.3 Å². The fraction of sp³-hybridized carbons (Fsp3) is 0.333. The number of phenols is 1. The van der Waals surface area contributed by atoms with Crippen molar-refractivity contribution in [1.82, 2.24) is 20.2 Å². The Kier molecular flexibility index (Phi) is 4.43. The summed E-state index contributed by atoms with van der Waals surface area (Å²) in [5.41, 5.74) is -0.983. The number of hydrogen-bond acceptors (Lipinski definition) is 8. The molecule has 8 nitrogen and oxygen atoms in total. The van der Waals surface area contributed by atoms with Crippen LogP contribution in [0.4, 0.5) is 0 Å². The molecule has 0 bridgehead atoms. The molecule has 1 aromatic heterocycles. The van der Waals surface area contributed by atoms with Crippen molar-refractivity contribution >= 4 is 17.7 Å². The summed E-state index contributed by atoms with van der Waals surface area (Å²) in [6.07, 6.45) is 0. The first kappa shape index (κ1) is 15.3. The zero-order valence-electron chi connectivity index (χ0n) is 11.4. The first-order valence-electron chi connectivity index (χ1n) is 5.95. The van der Waals surface area contributed by atoms with E-state index in [1.807, 2.05) is 0 Å². The molecule has 112 valence electrons. The van der Waals surface area contributed by atoms with E-state index in [4.69, 9.17) is 0 Å². The predicted molar refractivity (Wildman–Crippen MR) is 74.2 cm³/mol. The predicted octanol–water partition coefficient (Wildman–Crippen LogP) is 0.384. The van der Waals surface area contributed by atoms with Crippen molar-refractivity contribution in [2.45, 2.75) is 17.7 Å². The van der Waals surface area contributed by atoms with Gasteiger partial charge in [0, 0.05) is 5.75 Å². The van der Waals surface area contributed by atoms with Crippen LogP contribution < -0.4 is 0 Å². The number of nitrogens with zero attached hydrogens (tertiary/aromatic N) is 4. The van der Waals surface area contributed by atoms with Gasteiger partial charge in [0.15, 0.2) is 5.60 Å². The largest absolute Gasteiger partial charge is 0.508 e. The van der Waals surface area contributed by atoms with Gasteiger partial charge < -0.3 is 14.9 Å². The van der Waals surface area contributed by atoms with Crippen molar-refractivity contribution in [3.63, 3.8) is 0 Å². The number of carbonyl (C=O) groups excluding carboxylic acids is 1. The Balaban J connectivity index is 2.14. The van der Waals surface area contributed by atoms with E-state index < -0.39 is 11.6 Å². The quantitative estimate of drug-likeness (QED) is 0.602. The monoisotopic (exact) mass is 310 g/mol. The number of tetrazole rings is 1. The topological polar surface area (TPSA) is 110 Å². The van der Waals surface area contributed by atoms with Crippen LogP contribution in [0, 0.1) is 0 Å². The molecule has 1 aromatic carbocycles. The number of benzene rings is 1. The maximum atomic E-state index is 11.4. The van der Waals surface area contributed by atoms with Crippen LogP contribution in [0.1, 0.15) is 6.92 Å². The summed E-state index contributed by atoms with van der Waals surface area (Å²) in [6.45, 7) is 1.36.